The Morgan fingerprint density at radius 2 is 2.05 bits per heavy atom. The summed E-state index contributed by atoms with van der Waals surface area (Å²) in [6, 6.07) is 1.57. The Labute approximate surface area is 137 Å². The van der Waals surface area contributed by atoms with Crippen LogP contribution in [0.1, 0.15) is 36.2 Å². The van der Waals surface area contributed by atoms with E-state index in [9.17, 15) is 9.59 Å². The standard InChI is InChI=1S/C14H16Cl2N4O2/c1-20-11(6-10(15)14(20)16)12(21)4-2-3-5-13(22)19-9-7-17-18-8-9/h6-8H,2-5H2,1H3,(H,17,18)(H,19,22). The van der Waals surface area contributed by atoms with Gasteiger partial charge in [-0.3, -0.25) is 14.7 Å². The number of carbonyl (C=O) groups excluding carboxylic acids is 2. The molecule has 0 saturated heterocycles. The van der Waals surface area contributed by atoms with E-state index in [0.29, 0.717) is 47.2 Å². The normalized spacial score (nSPS) is 10.7. The third-order valence-electron chi connectivity index (χ3n) is 3.24. The molecule has 0 aromatic carbocycles. The second-order valence-electron chi connectivity index (χ2n) is 4.89. The lowest BCUT2D eigenvalue weighted by molar-refractivity contribution is -0.116. The second-order valence-corrected chi connectivity index (χ2v) is 5.66. The molecule has 2 aromatic rings. The number of Topliss-reactive ketones (excluding diaryl/α,β-unsaturated/α-hetero) is 1. The molecule has 0 saturated carbocycles. The van der Waals surface area contributed by atoms with Gasteiger partial charge >= 0.3 is 0 Å². The smallest absolute Gasteiger partial charge is 0.224 e. The van der Waals surface area contributed by atoms with E-state index in [1.54, 1.807) is 23.9 Å². The van der Waals surface area contributed by atoms with E-state index in [0.717, 1.165) is 0 Å². The molecule has 0 aliphatic heterocycles. The van der Waals surface area contributed by atoms with Gasteiger partial charge in [-0.15, -0.1) is 0 Å². The van der Waals surface area contributed by atoms with Gasteiger partial charge in [0.2, 0.25) is 5.91 Å². The summed E-state index contributed by atoms with van der Waals surface area (Å²) < 4.78 is 1.57. The number of aromatic amines is 1. The van der Waals surface area contributed by atoms with Crippen LogP contribution in [0.15, 0.2) is 18.5 Å². The van der Waals surface area contributed by atoms with Crippen LogP contribution < -0.4 is 5.32 Å². The first-order chi connectivity index (χ1) is 10.5. The number of nitrogens with one attached hydrogen (secondary N) is 2. The van der Waals surface area contributed by atoms with Gasteiger partial charge in [0.25, 0.3) is 0 Å². The zero-order chi connectivity index (χ0) is 16.1. The van der Waals surface area contributed by atoms with Gasteiger partial charge in [-0.05, 0) is 18.9 Å². The number of unbranched alkanes of at least 4 members (excludes halogenated alkanes) is 1. The number of halogens is 2. The van der Waals surface area contributed by atoms with Crippen LogP contribution in [0.3, 0.4) is 0 Å². The van der Waals surface area contributed by atoms with Gasteiger partial charge in [-0.2, -0.15) is 5.10 Å². The Kier molecular flexibility index (Phi) is 5.63. The summed E-state index contributed by atoms with van der Waals surface area (Å²) in [6.07, 6.45) is 5.09. The van der Waals surface area contributed by atoms with Crippen molar-refractivity contribution in [3.05, 3.63) is 34.3 Å². The number of carbonyl (C=O) groups is 2. The zero-order valence-corrected chi connectivity index (χ0v) is 13.5. The molecular weight excluding hydrogens is 327 g/mol. The highest BCUT2D eigenvalue weighted by Gasteiger charge is 2.15. The SMILES string of the molecule is Cn1c(C(=O)CCCCC(=O)Nc2cn[nH]c2)cc(Cl)c1Cl. The van der Waals surface area contributed by atoms with Crippen molar-refractivity contribution >= 4 is 40.6 Å². The van der Waals surface area contributed by atoms with Gasteiger partial charge in [0.1, 0.15) is 5.15 Å². The molecule has 0 aliphatic carbocycles. The van der Waals surface area contributed by atoms with Crippen LogP contribution in [0.5, 0.6) is 0 Å². The number of amides is 1. The molecule has 0 aliphatic rings. The van der Waals surface area contributed by atoms with Crippen molar-refractivity contribution in [3.8, 4) is 0 Å². The van der Waals surface area contributed by atoms with Crippen LogP contribution in [-0.4, -0.2) is 26.5 Å². The number of H-pyrrole nitrogens is 1. The van der Waals surface area contributed by atoms with E-state index in [4.69, 9.17) is 23.2 Å². The average Bonchev–Trinajstić information content (AvgIpc) is 3.07. The summed E-state index contributed by atoms with van der Waals surface area (Å²) in [5.41, 5.74) is 1.12. The minimum absolute atomic E-state index is 0.0356. The molecule has 0 fully saturated rings. The molecule has 6 nitrogen and oxygen atoms in total. The third kappa shape index (κ3) is 4.11. The van der Waals surface area contributed by atoms with E-state index >= 15 is 0 Å². The van der Waals surface area contributed by atoms with Crippen molar-refractivity contribution < 1.29 is 9.59 Å². The molecular formula is C14H16Cl2N4O2. The van der Waals surface area contributed by atoms with Crippen LogP contribution in [0.25, 0.3) is 0 Å². The fraction of sp³-hybridized carbons (Fsp3) is 0.357. The van der Waals surface area contributed by atoms with Gasteiger partial charge in [0.05, 0.1) is 22.6 Å². The molecule has 118 valence electrons. The number of hydrogen-bond acceptors (Lipinski definition) is 3. The molecule has 1 amide bonds. The molecule has 0 radical (unpaired) electrons. The number of ketones is 1. The molecule has 0 unspecified atom stereocenters. The summed E-state index contributed by atoms with van der Waals surface area (Å²) in [4.78, 5) is 23.7. The molecule has 2 heterocycles. The highest BCUT2D eigenvalue weighted by atomic mass is 35.5. The van der Waals surface area contributed by atoms with Crippen molar-refractivity contribution in [2.24, 2.45) is 7.05 Å². The minimum atomic E-state index is -0.0983. The largest absolute Gasteiger partial charge is 0.331 e. The van der Waals surface area contributed by atoms with Gasteiger partial charge < -0.3 is 9.88 Å². The zero-order valence-electron chi connectivity index (χ0n) is 12.0. The van der Waals surface area contributed by atoms with Crippen LogP contribution in [-0.2, 0) is 11.8 Å². The highest BCUT2D eigenvalue weighted by Crippen LogP contribution is 2.26. The first-order valence-corrected chi connectivity index (χ1v) is 7.57. The first-order valence-electron chi connectivity index (χ1n) is 6.81. The Bertz CT molecular complexity index is 665. The fourth-order valence-corrected chi connectivity index (χ4v) is 2.43. The molecule has 0 bridgehead atoms. The lowest BCUT2D eigenvalue weighted by Crippen LogP contribution is -2.11. The lowest BCUT2D eigenvalue weighted by Gasteiger charge is -2.04. The molecule has 0 spiro atoms. The summed E-state index contributed by atoms with van der Waals surface area (Å²) in [7, 11) is 1.69. The summed E-state index contributed by atoms with van der Waals surface area (Å²) >= 11 is 11.8. The van der Waals surface area contributed by atoms with Crippen molar-refractivity contribution in [2.45, 2.75) is 25.7 Å². The number of rotatable bonds is 7. The Morgan fingerprint density at radius 3 is 2.64 bits per heavy atom. The topological polar surface area (TPSA) is 79.8 Å². The minimum Gasteiger partial charge on any atom is -0.331 e. The van der Waals surface area contributed by atoms with E-state index in [1.165, 1.54) is 6.20 Å². The van der Waals surface area contributed by atoms with E-state index in [-0.39, 0.29) is 11.7 Å². The Balaban J connectivity index is 1.73. The highest BCUT2D eigenvalue weighted by molar-refractivity contribution is 6.41. The van der Waals surface area contributed by atoms with E-state index in [1.807, 2.05) is 0 Å². The van der Waals surface area contributed by atoms with Gasteiger partial charge in [0, 0.05) is 26.1 Å². The molecule has 22 heavy (non-hydrogen) atoms. The second kappa shape index (κ2) is 7.47. The van der Waals surface area contributed by atoms with Crippen LogP contribution in [0.4, 0.5) is 5.69 Å². The number of nitrogens with zero attached hydrogens (tertiary/aromatic N) is 2. The molecule has 2 rings (SSSR count). The monoisotopic (exact) mass is 342 g/mol. The Hall–Kier alpha value is -1.79. The maximum atomic E-state index is 12.1. The maximum Gasteiger partial charge on any atom is 0.224 e. The quantitative estimate of drug-likeness (QED) is 0.597. The number of hydrogen-bond donors (Lipinski definition) is 2. The maximum absolute atomic E-state index is 12.1. The number of anilines is 1. The van der Waals surface area contributed by atoms with Crippen LogP contribution in [0, 0.1) is 0 Å². The van der Waals surface area contributed by atoms with Crippen molar-refractivity contribution in [1.82, 2.24) is 14.8 Å². The average molecular weight is 343 g/mol. The Morgan fingerprint density at radius 1 is 1.32 bits per heavy atom. The third-order valence-corrected chi connectivity index (χ3v) is 4.08. The van der Waals surface area contributed by atoms with Crippen LogP contribution in [0.2, 0.25) is 10.2 Å². The van der Waals surface area contributed by atoms with Crippen molar-refractivity contribution in [3.63, 3.8) is 0 Å². The predicted molar refractivity (Wildman–Crippen MR) is 85.4 cm³/mol. The molecule has 8 heteroatoms. The lowest BCUT2D eigenvalue weighted by atomic mass is 10.1. The summed E-state index contributed by atoms with van der Waals surface area (Å²) in [6.45, 7) is 0. The van der Waals surface area contributed by atoms with Crippen LogP contribution >= 0.6 is 23.2 Å². The first kappa shape index (κ1) is 16.6. The van der Waals surface area contributed by atoms with Gasteiger partial charge in [-0.1, -0.05) is 23.2 Å². The summed E-state index contributed by atoms with van der Waals surface area (Å²) in [5, 5.41) is 9.78. The van der Waals surface area contributed by atoms with E-state index < -0.39 is 0 Å². The predicted octanol–water partition coefficient (Wildman–Crippen LogP) is 3.44. The van der Waals surface area contributed by atoms with Crippen molar-refractivity contribution in [1.29, 1.82) is 0 Å². The summed E-state index contributed by atoms with van der Waals surface area (Å²) in [5.74, 6) is -0.134. The van der Waals surface area contributed by atoms with Crippen molar-refractivity contribution in [2.75, 3.05) is 5.32 Å². The van der Waals surface area contributed by atoms with Gasteiger partial charge in [-0.25, -0.2) is 0 Å². The molecule has 2 N–H and O–H groups in total. The molecule has 0 atom stereocenters. The number of aromatic nitrogens is 3. The van der Waals surface area contributed by atoms with E-state index in [2.05, 4.69) is 15.5 Å². The molecule has 2 aromatic heterocycles. The van der Waals surface area contributed by atoms with Gasteiger partial charge in [0.15, 0.2) is 5.78 Å². The fourth-order valence-electron chi connectivity index (χ4n) is 2.05.